The molecule has 0 fully saturated rings. The topological polar surface area (TPSA) is 119 Å². The Morgan fingerprint density at radius 1 is 1.26 bits per heavy atom. The Labute approximate surface area is 108 Å². The molecule has 0 bridgehead atoms. The van der Waals surface area contributed by atoms with E-state index in [0.717, 1.165) is 0 Å². The van der Waals surface area contributed by atoms with Crippen molar-refractivity contribution in [2.24, 2.45) is 5.84 Å². The van der Waals surface area contributed by atoms with Gasteiger partial charge in [-0.3, -0.25) is 5.43 Å². The zero-order valence-corrected chi connectivity index (χ0v) is 9.99. The molecule has 0 unspecified atom stereocenters. The Bertz CT molecular complexity index is 603. The van der Waals surface area contributed by atoms with Crippen molar-refractivity contribution in [3.05, 3.63) is 29.8 Å². The first kappa shape index (κ1) is 12.5. The Morgan fingerprint density at radius 3 is 2.74 bits per heavy atom. The molecule has 0 saturated heterocycles. The highest BCUT2D eigenvalue weighted by molar-refractivity contribution is 5.37. The van der Waals surface area contributed by atoms with Crippen LogP contribution in [0.25, 0.3) is 0 Å². The van der Waals surface area contributed by atoms with Crippen LogP contribution in [0.1, 0.15) is 5.56 Å². The summed E-state index contributed by atoms with van der Waals surface area (Å²) < 4.78 is 10.3. The van der Waals surface area contributed by atoms with Crippen molar-refractivity contribution in [1.82, 2.24) is 15.0 Å². The third-order valence-corrected chi connectivity index (χ3v) is 2.08. The summed E-state index contributed by atoms with van der Waals surface area (Å²) in [6.45, 7) is 0. The van der Waals surface area contributed by atoms with Gasteiger partial charge in [-0.1, -0.05) is 6.07 Å². The number of hydrogen-bond acceptors (Lipinski definition) is 8. The number of hydrazine groups is 1. The number of nitrogen functional groups attached to an aromatic ring is 1. The third kappa shape index (κ3) is 3.05. The van der Waals surface area contributed by atoms with Crippen LogP contribution in [0.3, 0.4) is 0 Å². The molecule has 0 atom stereocenters. The number of aromatic nitrogens is 3. The number of hydrogen-bond donors (Lipinski definition) is 2. The fraction of sp³-hybridized carbons (Fsp3) is 0.0909. The quantitative estimate of drug-likeness (QED) is 0.611. The molecule has 8 nitrogen and oxygen atoms in total. The number of nitriles is 1. The maximum absolute atomic E-state index is 8.80. The van der Waals surface area contributed by atoms with Gasteiger partial charge in [-0.05, 0) is 18.2 Å². The van der Waals surface area contributed by atoms with Crippen LogP contribution in [0, 0.1) is 11.3 Å². The van der Waals surface area contributed by atoms with Gasteiger partial charge in [0.05, 0.1) is 18.7 Å². The highest BCUT2D eigenvalue weighted by Gasteiger charge is 2.08. The van der Waals surface area contributed by atoms with E-state index < -0.39 is 0 Å². The molecule has 2 rings (SSSR count). The van der Waals surface area contributed by atoms with E-state index in [2.05, 4.69) is 20.4 Å². The number of nitrogens with two attached hydrogens (primary N) is 1. The molecule has 0 aliphatic carbocycles. The van der Waals surface area contributed by atoms with Crippen molar-refractivity contribution in [1.29, 1.82) is 5.26 Å². The molecule has 0 saturated carbocycles. The zero-order chi connectivity index (χ0) is 13.7. The molecule has 0 aliphatic rings. The van der Waals surface area contributed by atoms with E-state index in [1.807, 2.05) is 6.07 Å². The highest BCUT2D eigenvalue weighted by Crippen LogP contribution is 2.21. The Morgan fingerprint density at radius 2 is 2.05 bits per heavy atom. The number of benzene rings is 1. The van der Waals surface area contributed by atoms with Crippen LogP contribution in [0.4, 0.5) is 5.95 Å². The van der Waals surface area contributed by atoms with Gasteiger partial charge < -0.3 is 9.47 Å². The van der Waals surface area contributed by atoms with Crippen molar-refractivity contribution in [3.63, 3.8) is 0 Å². The average Bonchev–Trinajstić information content (AvgIpc) is 2.47. The maximum atomic E-state index is 8.80. The first-order valence-electron chi connectivity index (χ1n) is 5.20. The summed E-state index contributed by atoms with van der Waals surface area (Å²) in [5.41, 5.74) is 2.74. The molecule has 96 valence electrons. The van der Waals surface area contributed by atoms with E-state index in [0.29, 0.717) is 11.3 Å². The standard InChI is InChI=1S/C11H10N6O2/c1-18-10-14-9(17-13)15-11(16-10)19-8-4-2-3-7(5-8)6-12/h2-5H,13H2,1H3,(H,14,15,16,17). The van der Waals surface area contributed by atoms with Crippen LogP contribution in [0.2, 0.25) is 0 Å². The smallest absolute Gasteiger partial charge is 0.330 e. The Balaban J connectivity index is 2.29. The van der Waals surface area contributed by atoms with E-state index in [4.69, 9.17) is 20.6 Å². The lowest BCUT2D eigenvalue weighted by Gasteiger charge is -2.06. The SMILES string of the molecule is COc1nc(NN)nc(Oc2cccc(C#N)c2)n1. The third-order valence-electron chi connectivity index (χ3n) is 2.08. The Hall–Kier alpha value is -2.92. The van der Waals surface area contributed by atoms with Crippen molar-refractivity contribution in [2.75, 3.05) is 12.5 Å². The van der Waals surface area contributed by atoms with Crippen LogP contribution < -0.4 is 20.7 Å². The predicted molar refractivity (Wildman–Crippen MR) is 65.4 cm³/mol. The van der Waals surface area contributed by atoms with Crippen molar-refractivity contribution >= 4 is 5.95 Å². The predicted octanol–water partition coefficient (Wildman–Crippen LogP) is 0.830. The molecule has 0 amide bonds. The van der Waals surface area contributed by atoms with Gasteiger partial charge in [0.15, 0.2) is 0 Å². The van der Waals surface area contributed by atoms with Gasteiger partial charge in [-0.25, -0.2) is 5.84 Å². The summed E-state index contributed by atoms with van der Waals surface area (Å²) in [5, 5.41) is 8.80. The van der Waals surface area contributed by atoms with E-state index in [1.54, 1.807) is 24.3 Å². The lowest BCUT2D eigenvalue weighted by atomic mass is 10.2. The molecular formula is C11H10N6O2. The summed E-state index contributed by atoms with van der Waals surface area (Å²) >= 11 is 0. The normalized spacial score (nSPS) is 9.53. The summed E-state index contributed by atoms with van der Waals surface area (Å²) in [5.74, 6) is 5.76. The summed E-state index contributed by atoms with van der Waals surface area (Å²) in [7, 11) is 1.41. The minimum Gasteiger partial charge on any atom is -0.467 e. The molecule has 0 spiro atoms. The average molecular weight is 258 g/mol. The summed E-state index contributed by atoms with van der Waals surface area (Å²) in [4.78, 5) is 11.6. The van der Waals surface area contributed by atoms with Crippen molar-refractivity contribution in [2.45, 2.75) is 0 Å². The largest absolute Gasteiger partial charge is 0.467 e. The lowest BCUT2D eigenvalue weighted by Crippen LogP contribution is -2.12. The lowest BCUT2D eigenvalue weighted by molar-refractivity contribution is 0.360. The fourth-order valence-electron chi connectivity index (χ4n) is 1.27. The molecule has 0 aliphatic heterocycles. The van der Waals surface area contributed by atoms with Gasteiger partial charge in [-0.15, -0.1) is 4.98 Å². The van der Waals surface area contributed by atoms with Gasteiger partial charge in [-0.2, -0.15) is 15.2 Å². The molecule has 0 radical (unpaired) electrons. The van der Waals surface area contributed by atoms with Gasteiger partial charge in [0, 0.05) is 0 Å². The van der Waals surface area contributed by atoms with Crippen LogP contribution >= 0.6 is 0 Å². The number of rotatable bonds is 4. The molecule has 19 heavy (non-hydrogen) atoms. The van der Waals surface area contributed by atoms with Crippen LogP contribution in [-0.2, 0) is 0 Å². The van der Waals surface area contributed by atoms with E-state index in [-0.39, 0.29) is 18.0 Å². The molecule has 3 N–H and O–H groups in total. The highest BCUT2D eigenvalue weighted by atomic mass is 16.5. The van der Waals surface area contributed by atoms with Crippen molar-refractivity contribution < 1.29 is 9.47 Å². The zero-order valence-electron chi connectivity index (χ0n) is 9.99. The first-order valence-corrected chi connectivity index (χ1v) is 5.20. The van der Waals surface area contributed by atoms with Gasteiger partial charge >= 0.3 is 12.0 Å². The minimum atomic E-state index is 0.00916. The van der Waals surface area contributed by atoms with Crippen LogP contribution in [0.15, 0.2) is 24.3 Å². The molecule has 1 heterocycles. The fourth-order valence-corrected chi connectivity index (χ4v) is 1.27. The van der Waals surface area contributed by atoms with Gasteiger partial charge in [0.1, 0.15) is 5.75 Å². The molecule has 1 aromatic heterocycles. The monoisotopic (exact) mass is 258 g/mol. The van der Waals surface area contributed by atoms with E-state index >= 15 is 0 Å². The second-order valence-electron chi connectivity index (χ2n) is 3.31. The van der Waals surface area contributed by atoms with Gasteiger partial charge in [0.2, 0.25) is 5.95 Å². The summed E-state index contributed by atoms with van der Waals surface area (Å²) in [6, 6.07) is 8.67. The molecule has 2 aromatic rings. The second kappa shape index (κ2) is 5.61. The van der Waals surface area contributed by atoms with Crippen molar-refractivity contribution in [3.8, 4) is 23.8 Å². The molecular weight excluding hydrogens is 248 g/mol. The number of nitrogens with one attached hydrogen (secondary N) is 1. The number of anilines is 1. The van der Waals surface area contributed by atoms with Gasteiger partial charge in [0.25, 0.3) is 0 Å². The Kier molecular flexibility index (Phi) is 3.70. The van der Waals surface area contributed by atoms with E-state index in [9.17, 15) is 0 Å². The first-order chi connectivity index (χ1) is 9.25. The number of ether oxygens (including phenoxy) is 2. The van der Waals surface area contributed by atoms with Crippen LogP contribution in [0.5, 0.6) is 17.8 Å². The minimum absolute atomic E-state index is 0.00916. The number of methoxy groups -OCH3 is 1. The van der Waals surface area contributed by atoms with Crippen LogP contribution in [-0.4, -0.2) is 22.1 Å². The second-order valence-corrected chi connectivity index (χ2v) is 3.31. The molecule has 1 aromatic carbocycles. The maximum Gasteiger partial charge on any atom is 0.330 e. The molecule has 8 heteroatoms. The number of nitrogens with zero attached hydrogens (tertiary/aromatic N) is 4. The summed E-state index contributed by atoms with van der Waals surface area (Å²) in [6.07, 6.45) is 0. The van der Waals surface area contributed by atoms with E-state index in [1.165, 1.54) is 7.11 Å².